The van der Waals surface area contributed by atoms with E-state index in [4.69, 9.17) is 16.3 Å². The molecule has 0 bridgehead atoms. The van der Waals surface area contributed by atoms with Gasteiger partial charge in [-0.25, -0.2) is 4.98 Å². The molecule has 2 aromatic carbocycles. The molecule has 0 aliphatic heterocycles. The summed E-state index contributed by atoms with van der Waals surface area (Å²) in [6.45, 7) is 0. The maximum Gasteiger partial charge on any atom is 0.203 e. The number of benzene rings is 2. The molecule has 0 spiro atoms. The van der Waals surface area contributed by atoms with E-state index in [1.54, 1.807) is 24.4 Å². The first kappa shape index (κ1) is 16.3. The van der Waals surface area contributed by atoms with Crippen LogP contribution in [-0.4, -0.2) is 23.4 Å². The predicted octanol–water partition coefficient (Wildman–Crippen LogP) is 4.62. The first-order chi connectivity index (χ1) is 11.7. The summed E-state index contributed by atoms with van der Waals surface area (Å²) in [5.74, 6) is 0.494. The van der Waals surface area contributed by atoms with Crippen LogP contribution in [0.15, 0.2) is 52.9 Å². The minimum atomic E-state index is 0.0701. The highest BCUT2D eigenvalue weighted by atomic mass is 35.5. The lowest BCUT2D eigenvalue weighted by Crippen LogP contribution is -1.91. The number of anilines is 1. The second kappa shape index (κ2) is 7.33. The SMILES string of the molecule is COc1ccc(/C=N/Nc2nc(-c3ccc(Cl)cc3)cs2)cc1O. The maximum absolute atomic E-state index is 9.73. The van der Waals surface area contributed by atoms with Crippen LogP contribution in [0.2, 0.25) is 5.02 Å². The molecule has 5 nitrogen and oxygen atoms in total. The van der Waals surface area contributed by atoms with Crippen molar-refractivity contribution in [2.75, 3.05) is 12.5 Å². The van der Waals surface area contributed by atoms with E-state index in [9.17, 15) is 5.11 Å². The molecule has 3 aromatic rings. The number of nitrogens with zero attached hydrogens (tertiary/aromatic N) is 2. The summed E-state index contributed by atoms with van der Waals surface area (Å²) < 4.78 is 5.00. The van der Waals surface area contributed by atoms with E-state index in [2.05, 4.69) is 15.5 Å². The Hall–Kier alpha value is -2.57. The van der Waals surface area contributed by atoms with Crippen LogP contribution in [0.3, 0.4) is 0 Å². The topological polar surface area (TPSA) is 66.7 Å². The molecule has 7 heteroatoms. The van der Waals surface area contributed by atoms with Gasteiger partial charge in [-0.3, -0.25) is 5.43 Å². The van der Waals surface area contributed by atoms with Crippen molar-refractivity contribution in [3.05, 3.63) is 58.4 Å². The Morgan fingerprint density at radius 1 is 1.25 bits per heavy atom. The molecule has 0 amide bonds. The molecular formula is C17H14ClN3O2S. The van der Waals surface area contributed by atoms with Crippen LogP contribution in [0.4, 0.5) is 5.13 Å². The van der Waals surface area contributed by atoms with Gasteiger partial charge in [0.05, 0.1) is 19.0 Å². The molecule has 3 rings (SSSR count). The Morgan fingerprint density at radius 3 is 2.75 bits per heavy atom. The predicted molar refractivity (Wildman–Crippen MR) is 98.4 cm³/mol. The van der Waals surface area contributed by atoms with Crippen molar-refractivity contribution in [3.63, 3.8) is 0 Å². The first-order valence-electron chi connectivity index (χ1n) is 7.03. The van der Waals surface area contributed by atoms with E-state index in [0.29, 0.717) is 15.9 Å². The number of hydrogen-bond acceptors (Lipinski definition) is 6. The molecule has 0 aliphatic rings. The highest BCUT2D eigenvalue weighted by molar-refractivity contribution is 7.14. The number of phenolic OH excluding ortho intramolecular Hbond substituents is 1. The van der Waals surface area contributed by atoms with Gasteiger partial charge in [0.25, 0.3) is 0 Å². The molecular weight excluding hydrogens is 346 g/mol. The number of hydrogen-bond donors (Lipinski definition) is 2. The molecule has 0 saturated heterocycles. The standard InChI is InChI=1S/C17H14ClN3O2S/c1-23-16-7-2-11(8-15(16)22)9-19-21-17-20-14(10-24-17)12-3-5-13(18)6-4-12/h2-10,22H,1H3,(H,20,21)/b19-9+. The van der Waals surface area contributed by atoms with Crippen molar-refractivity contribution in [1.82, 2.24) is 4.98 Å². The fourth-order valence-electron chi connectivity index (χ4n) is 2.03. The Balaban J connectivity index is 1.67. The molecule has 0 radical (unpaired) electrons. The number of rotatable bonds is 5. The molecule has 0 aliphatic carbocycles. The largest absolute Gasteiger partial charge is 0.504 e. The number of nitrogens with one attached hydrogen (secondary N) is 1. The van der Waals surface area contributed by atoms with Gasteiger partial charge in [-0.15, -0.1) is 11.3 Å². The van der Waals surface area contributed by atoms with Gasteiger partial charge in [0.15, 0.2) is 11.5 Å². The second-order valence-electron chi connectivity index (χ2n) is 4.85. The van der Waals surface area contributed by atoms with E-state index >= 15 is 0 Å². The lowest BCUT2D eigenvalue weighted by molar-refractivity contribution is 0.373. The highest BCUT2D eigenvalue weighted by Crippen LogP contribution is 2.27. The maximum atomic E-state index is 9.73. The van der Waals surface area contributed by atoms with Gasteiger partial charge in [0.2, 0.25) is 5.13 Å². The molecule has 122 valence electrons. The monoisotopic (exact) mass is 359 g/mol. The summed E-state index contributed by atoms with van der Waals surface area (Å²) in [7, 11) is 1.51. The lowest BCUT2D eigenvalue weighted by Gasteiger charge is -2.02. The third kappa shape index (κ3) is 3.84. The zero-order chi connectivity index (χ0) is 16.9. The Kier molecular flexibility index (Phi) is 4.98. The van der Waals surface area contributed by atoms with Gasteiger partial charge in [0, 0.05) is 16.0 Å². The number of halogens is 1. The van der Waals surface area contributed by atoms with Gasteiger partial charge in [-0.1, -0.05) is 23.7 Å². The third-order valence-corrected chi connectivity index (χ3v) is 4.22. The smallest absolute Gasteiger partial charge is 0.203 e. The number of aromatic nitrogens is 1. The van der Waals surface area contributed by atoms with Crippen LogP contribution in [0, 0.1) is 0 Å². The van der Waals surface area contributed by atoms with Crippen LogP contribution >= 0.6 is 22.9 Å². The fraction of sp³-hybridized carbons (Fsp3) is 0.0588. The molecule has 2 N–H and O–H groups in total. The molecule has 0 fully saturated rings. The van der Waals surface area contributed by atoms with Crippen molar-refractivity contribution < 1.29 is 9.84 Å². The molecule has 1 heterocycles. The van der Waals surface area contributed by atoms with Crippen LogP contribution in [0.1, 0.15) is 5.56 Å². The molecule has 1 aromatic heterocycles. The normalized spacial score (nSPS) is 10.9. The van der Waals surface area contributed by atoms with Crippen LogP contribution in [0.25, 0.3) is 11.3 Å². The average Bonchev–Trinajstić information content (AvgIpc) is 3.04. The summed E-state index contributed by atoms with van der Waals surface area (Å²) in [6.07, 6.45) is 1.60. The molecule has 0 unspecified atom stereocenters. The molecule has 24 heavy (non-hydrogen) atoms. The number of phenols is 1. The minimum Gasteiger partial charge on any atom is -0.504 e. The van der Waals surface area contributed by atoms with E-state index in [1.165, 1.54) is 18.4 Å². The number of hydrazone groups is 1. The van der Waals surface area contributed by atoms with Gasteiger partial charge in [0.1, 0.15) is 0 Å². The van der Waals surface area contributed by atoms with Gasteiger partial charge < -0.3 is 9.84 Å². The van der Waals surface area contributed by atoms with E-state index < -0.39 is 0 Å². The molecule has 0 saturated carbocycles. The first-order valence-corrected chi connectivity index (χ1v) is 8.29. The van der Waals surface area contributed by atoms with Crippen molar-refractivity contribution in [2.24, 2.45) is 5.10 Å². The average molecular weight is 360 g/mol. The van der Waals surface area contributed by atoms with E-state index in [0.717, 1.165) is 16.8 Å². The van der Waals surface area contributed by atoms with Crippen molar-refractivity contribution in [1.29, 1.82) is 0 Å². The quantitative estimate of drug-likeness (QED) is 0.515. The van der Waals surface area contributed by atoms with Crippen LogP contribution in [-0.2, 0) is 0 Å². The summed E-state index contributed by atoms with van der Waals surface area (Å²) in [5.41, 5.74) is 5.48. The minimum absolute atomic E-state index is 0.0701. The number of aromatic hydroxyl groups is 1. The summed E-state index contributed by atoms with van der Waals surface area (Å²) >= 11 is 7.34. The van der Waals surface area contributed by atoms with Crippen molar-refractivity contribution >= 4 is 34.3 Å². The third-order valence-electron chi connectivity index (χ3n) is 3.22. The Morgan fingerprint density at radius 2 is 2.04 bits per heavy atom. The van der Waals surface area contributed by atoms with E-state index in [1.807, 2.05) is 29.6 Å². The summed E-state index contributed by atoms with van der Waals surface area (Å²) in [4.78, 5) is 4.47. The molecule has 0 atom stereocenters. The van der Waals surface area contributed by atoms with E-state index in [-0.39, 0.29) is 5.75 Å². The summed E-state index contributed by atoms with van der Waals surface area (Å²) in [5, 5.41) is 17.2. The van der Waals surface area contributed by atoms with Gasteiger partial charge in [-0.05, 0) is 35.9 Å². The summed E-state index contributed by atoms with van der Waals surface area (Å²) in [6, 6.07) is 12.6. The zero-order valence-corrected chi connectivity index (χ0v) is 14.3. The lowest BCUT2D eigenvalue weighted by atomic mass is 10.2. The Labute approximate surface area is 148 Å². The fourth-order valence-corrected chi connectivity index (χ4v) is 2.82. The zero-order valence-electron chi connectivity index (χ0n) is 12.7. The second-order valence-corrected chi connectivity index (χ2v) is 6.14. The Bertz CT molecular complexity index is 863. The van der Waals surface area contributed by atoms with Crippen molar-refractivity contribution in [2.45, 2.75) is 0 Å². The van der Waals surface area contributed by atoms with Gasteiger partial charge in [-0.2, -0.15) is 5.10 Å². The number of thiazole rings is 1. The van der Waals surface area contributed by atoms with Crippen LogP contribution in [0.5, 0.6) is 11.5 Å². The number of methoxy groups -OCH3 is 1. The highest BCUT2D eigenvalue weighted by Gasteiger charge is 2.04. The van der Waals surface area contributed by atoms with Gasteiger partial charge >= 0.3 is 0 Å². The number of ether oxygens (including phenoxy) is 1. The van der Waals surface area contributed by atoms with Crippen LogP contribution < -0.4 is 10.2 Å². The van der Waals surface area contributed by atoms with Crippen molar-refractivity contribution in [3.8, 4) is 22.8 Å².